The average Bonchev–Trinajstić information content (AvgIpc) is 2.16. The van der Waals surface area contributed by atoms with Gasteiger partial charge in [0.05, 0.1) is 0 Å². The lowest BCUT2D eigenvalue weighted by molar-refractivity contribution is 0.122. The molecule has 0 saturated carbocycles. The standard InChI is InChI=1S/C12H28N2/c1-6-12(7-2)14(9-10(3)4)11(5)8-13/h10-12H,6-9,13H2,1-5H3. The Morgan fingerprint density at radius 3 is 1.86 bits per heavy atom. The van der Waals surface area contributed by atoms with E-state index < -0.39 is 0 Å². The van der Waals surface area contributed by atoms with Crippen LogP contribution in [0.25, 0.3) is 0 Å². The van der Waals surface area contributed by atoms with E-state index in [9.17, 15) is 0 Å². The van der Waals surface area contributed by atoms with Gasteiger partial charge in [0.25, 0.3) is 0 Å². The molecule has 0 heterocycles. The lowest BCUT2D eigenvalue weighted by Gasteiger charge is -2.36. The quantitative estimate of drug-likeness (QED) is 0.684. The number of nitrogens with zero attached hydrogens (tertiary/aromatic N) is 1. The predicted molar refractivity (Wildman–Crippen MR) is 64.4 cm³/mol. The average molecular weight is 200 g/mol. The zero-order chi connectivity index (χ0) is 11.1. The fraction of sp³-hybridized carbons (Fsp3) is 1.00. The minimum absolute atomic E-state index is 0.516. The maximum atomic E-state index is 5.75. The highest BCUT2D eigenvalue weighted by atomic mass is 15.2. The van der Waals surface area contributed by atoms with Crippen molar-refractivity contribution in [1.29, 1.82) is 0 Å². The summed E-state index contributed by atoms with van der Waals surface area (Å²) in [6.45, 7) is 13.3. The van der Waals surface area contributed by atoms with Gasteiger partial charge in [-0.1, -0.05) is 27.7 Å². The van der Waals surface area contributed by atoms with Crippen molar-refractivity contribution >= 4 is 0 Å². The molecule has 0 aromatic heterocycles. The summed E-state index contributed by atoms with van der Waals surface area (Å²) >= 11 is 0. The molecule has 0 aliphatic heterocycles. The van der Waals surface area contributed by atoms with Crippen molar-refractivity contribution in [3.8, 4) is 0 Å². The second-order valence-corrected chi connectivity index (χ2v) is 4.65. The maximum absolute atomic E-state index is 5.75. The fourth-order valence-corrected chi connectivity index (χ4v) is 2.00. The maximum Gasteiger partial charge on any atom is 0.0193 e. The summed E-state index contributed by atoms with van der Waals surface area (Å²) in [6, 6.07) is 1.22. The van der Waals surface area contributed by atoms with Crippen LogP contribution in [0.4, 0.5) is 0 Å². The van der Waals surface area contributed by atoms with Gasteiger partial charge < -0.3 is 5.73 Å². The molecule has 1 unspecified atom stereocenters. The fourth-order valence-electron chi connectivity index (χ4n) is 2.00. The molecule has 2 N–H and O–H groups in total. The van der Waals surface area contributed by atoms with Crippen molar-refractivity contribution in [2.24, 2.45) is 11.7 Å². The van der Waals surface area contributed by atoms with Crippen LogP contribution in [0.15, 0.2) is 0 Å². The van der Waals surface area contributed by atoms with Gasteiger partial charge in [-0.3, -0.25) is 4.90 Å². The first-order chi connectivity index (χ1) is 6.56. The topological polar surface area (TPSA) is 29.3 Å². The molecule has 0 spiro atoms. The van der Waals surface area contributed by atoms with Gasteiger partial charge in [-0.05, 0) is 25.7 Å². The van der Waals surface area contributed by atoms with E-state index >= 15 is 0 Å². The predicted octanol–water partition coefficient (Wildman–Crippen LogP) is 2.48. The second-order valence-electron chi connectivity index (χ2n) is 4.65. The molecule has 14 heavy (non-hydrogen) atoms. The van der Waals surface area contributed by atoms with Crippen LogP contribution in [0.3, 0.4) is 0 Å². The third kappa shape index (κ3) is 4.43. The van der Waals surface area contributed by atoms with Gasteiger partial charge in [0, 0.05) is 25.2 Å². The first-order valence-electron chi connectivity index (χ1n) is 6.02. The van der Waals surface area contributed by atoms with Crippen molar-refractivity contribution in [1.82, 2.24) is 4.90 Å². The van der Waals surface area contributed by atoms with E-state index in [0.29, 0.717) is 12.1 Å². The molecular formula is C12H28N2. The van der Waals surface area contributed by atoms with Crippen LogP contribution in [0.1, 0.15) is 47.5 Å². The summed E-state index contributed by atoms with van der Waals surface area (Å²) in [5.74, 6) is 0.726. The highest BCUT2D eigenvalue weighted by molar-refractivity contribution is 4.76. The summed E-state index contributed by atoms with van der Waals surface area (Å²) in [5, 5.41) is 0. The van der Waals surface area contributed by atoms with Crippen LogP contribution in [-0.4, -0.2) is 30.1 Å². The smallest absolute Gasteiger partial charge is 0.0193 e. The minimum atomic E-state index is 0.516. The highest BCUT2D eigenvalue weighted by Gasteiger charge is 2.20. The van der Waals surface area contributed by atoms with E-state index in [1.165, 1.54) is 19.4 Å². The van der Waals surface area contributed by atoms with Crippen molar-refractivity contribution in [2.75, 3.05) is 13.1 Å². The van der Waals surface area contributed by atoms with Gasteiger partial charge in [0.15, 0.2) is 0 Å². The molecule has 86 valence electrons. The Morgan fingerprint density at radius 1 is 1.07 bits per heavy atom. The Hall–Kier alpha value is -0.0800. The van der Waals surface area contributed by atoms with E-state index in [4.69, 9.17) is 5.73 Å². The molecule has 2 nitrogen and oxygen atoms in total. The molecule has 2 heteroatoms. The van der Waals surface area contributed by atoms with Crippen LogP contribution in [0.2, 0.25) is 0 Å². The molecule has 0 aliphatic rings. The summed E-state index contributed by atoms with van der Waals surface area (Å²) in [4.78, 5) is 2.57. The summed E-state index contributed by atoms with van der Waals surface area (Å²) < 4.78 is 0. The molecule has 0 saturated heterocycles. The molecule has 0 amide bonds. The molecule has 0 bridgehead atoms. The van der Waals surface area contributed by atoms with E-state index in [2.05, 4.69) is 39.5 Å². The largest absolute Gasteiger partial charge is 0.329 e. The van der Waals surface area contributed by atoms with E-state index in [-0.39, 0.29) is 0 Å². The summed E-state index contributed by atoms with van der Waals surface area (Å²) in [7, 11) is 0. The highest BCUT2D eigenvalue weighted by Crippen LogP contribution is 2.14. The molecule has 0 aliphatic carbocycles. The van der Waals surface area contributed by atoms with E-state index in [1.54, 1.807) is 0 Å². The number of hydrogen-bond donors (Lipinski definition) is 1. The lowest BCUT2D eigenvalue weighted by Crippen LogP contribution is -2.46. The third-order valence-electron chi connectivity index (χ3n) is 2.89. The van der Waals surface area contributed by atoms with Gasteiger partial charge in [-0.2, -0.15) is 0 Å². The van der Waals surface area contributed by atoms with Crippen LogP contribution in [0, 0.1) is 5.92 Å². The summed E-state index contributed by atoms with van der Waals surface area (Å²) in [5.41, 5.74) is 5.75. The van der Waals surface area contributed by atoms with Crippen LogP contribution >= 0.6 is 0 Å². The Bertz CT molecular complexity index is 130. The van der Waals surface area contributed by atoms with Gasteiger partial charge in [-0.25, -0.2) is 0 Å². The van der Waals surface area contributed by atoms with E-state index in [1.807, 2.05) is 0 Å². The molecule has 1 atom stereocenters. The Labute approximate surface area is 89.9 Å². The van der Waals surface area contributed by atoms with Crippen molar-refractivity contribution in [3.63, 3.8) is 0 Å². The van der Waals surface area contributed by atoms with Crippen LogP contribution in [0.5, 0.6) is 0 Å². The number of rotatable bonds is 7. The molecule has 0 aromatic carbocycles. The molecule has 0 fully saturated rings. The van der Waals surface area contributed by atoms with Gasteiger partial charge in [0.1, 0.15) is 0 Å². The first kappa shape index (κ1) is 13.9. The van der Waals surface area contributed by atoms with Crippen molar-refractivity contribution < 1.29 is 0 Å². The molecule has 0 aromatic rings. The Morgan fingerprint density at radius 2 is 1.57 bits per heavy atom. The van der Waals surface area contributed by atoms with Crippen molar-refractivity contribution in [2.45, 2.75) is 59.5 Å². The van der Waals surface area contributed by atoms with Gasteiger partial charge in [-0.15, -0.1) is 0 Å². The van der Waals surface area contributed by atoms with Crippen molar-refractivity contribution in [3.05, 3.63) is 0 Å². The SMILES string of the molecule is CCC(CC)N(CC(C)C)C(C)CN. The summed E-state index contributed by atoms with van der Waals surface area (Å²) in [6.07, 6.45) is 2.46. The third-order valence-corrected chi connectivity index (χ3v) is 2.89. The normalized spacial score (nSPS) is 14.4. The van der Waals surface area contributed by atoms with Crippen LogP contribution < -0.4 is 5.73 Å². The zero-order valence-corrected chi connectivity index (χ0v) is 10.6. The number of hydrogen-bond acceptors (Lipinski definition) is 2. The minimum Gasteiger partial charge on any atom is -0.329 e. The monoisotopic (exact) mass is 200 g/mol. The van der Waals surface area contributed by atoms with E-state index in [0.717, 1.165) is 12.5 Å². The Balaban J connectivity index is 4.35. The molecule has 0 rings (SSSR count). The molecular weight excluding hydrogens is 172 g/mol. The Kier molecular flexibility index (Phi) is 7.20. The molecule has 0 radical (unpaired) electrons. The van der Waals surface area contributed by atoms with Crippen LogP contribution in [-0.2, 0) is 0 Å². The second kappa shape index (κ2) is 7.24. The van der Waals surface area contributed by atoms with Gasteiger partial charge in [0.2, 0.25) is 0 Å². The van der Waals surface area contributed by atoms with Gasteiger partial charge >= 0.3 is 0 Å². The zero-order valence-electron chi connectivity index (χ0n) is 10.6. The number of nitrogens with two attached hydrogens (primary N) is 1. The lowest BCUT2D eigenvalue weighted by atomic mass is 10.0. The first-order valence-corrected chi connectivity index (χ1v) is 6.02.